The molecule has 1 atom stereocenters. The van der Waals surface area contributed by atoms with Crippen molar-refractivity contribution < 1.29 is 13.9 Å². The van der Waals surface area contributed by atoms with E-state index in [2.05, 4.69) is 0 Å². The third kappa shape index (κ3) is 2.43. The van der Waals surface area contributed by atoms with Crippen LogP contribution >= 0.6 is 11.6 Å². The molecule has 0 bridgehead atoms. The highest BCUT2D eigenvalue weighted by Gasteiger charge is 2.22. The number of hydrogen-bond acceptors (Lipinski definition) is 4. The number of fused-ring (bicyclic) bond motifs is 2. The van der Waals surface area contributed by atoms with Gasteiger partial charge in [-0.25, -0.2) is 0 Å². The Morgan fingerprint density at radius 2 is 2.00 bits per heavy atom. The minimum atomic E-state index is -0.181. The van der Waals surface area contributed by atoms with Crippen LogP contribution in [-0.4, -0.2) is 18.6 Å². The highest BCUT2D eigenvalue weighted by atomic mass is 35.5. The fourth-order valence-corrected chi connectivity index (χ4v) is 3.00. The Bertz CT molecular complexity index is 977. The van der Waals surface area contributed by atoms with E-state index in [1.807, 2.05) is 30.3 Å². The molecule has 122 valence electrons. The quantitative estimate of drug-likeness (QED) is 0.656. The zero-order valence-electron chi connectivity index (χ0n) is 13.0. The Morgan fingerprint density at radius 3 is 2.83 bits per heavy atom. The molecular weight excluding hydrogens is 328 g/mol. The molecule has 2 heterocycles. The van der Waals surface area contributed by atoms with Gasteiger partial charge in [0, 0.05) is 11.1 Å². The van der Waals surface area contributed by atoms with Gasteiger partial charge < -0.3 is 13.9 Å². The van der Waals surface area contributed by atoms with Gasteiger partial charge >= 0.3 is 0 Å². The molecule has 3 aromatic rings. The molecule has 0 saturated carbocycles. The molecule has 0 aliphatic carbocycles. The van der Waals surface area contributed by atoms with Crippen molar-refractivity contribution in [3.05, 3.63) is 58.3 Å². The van der Waals surface area contributed by atoms with Crippen LogP contribution in [0.5, 0.6) is 11.5 Å². The summed E-state index contributed by atoms with van der Waals surface area (Å²) in [5.74, 6) is 2.17. The molecule has 0 spiro atoms. The summed E-state index contributed by atoms with van der Waals surface area (Å²) in [5.41, 5.74) is 1.88. The van der Waals surface area contributed by atoms with E-state index < -0.39 is 0 Å². The maximum atomic E-state index is 12.6. The van der Waals surface area contributed by atoms with Gasteiger partial charge in [-0.1, -0.05) is 12.1 Å². The number of alkyl halides is 1. The smallest absolute Gasteiger partial charge is 0.196 e. The summed E-state index contributed by atoms with van der Waals surface area (Å²) in [6, 6.07) is 12.8. The molecule has 24 heavy (non-hydrogen) atoms. The first-order valence-electron chi connectivity index (χ1n) is 7.69. The molecule has 0 fully saturated rings. The molecule has 0 saturated heterocycles. The van der Waals surface area contributed by atoms with Crippen LogP contribution in [-0.2, 0) is 0 Å². The van der Waals surface area contributed by atoms with Crippen molar-refractivity contribution in [3.63, 3.8) is 0 Å². The third-order valence-corrected chi connectivity index (χ3v) is 4.47. The summed E-state index contributed by atoms with van der Waals surface area (Å²) >= 11 is 5.85. The Morgan fingerprint density at radius 1 is 1.17 bits per heavy atom. The van der Waals surface area contributed by atoms with E-state index in [-0.39, 0.29) is 11.5 Å². The van der Waals surface area contributed by atoms with Crippen LogP contribution in [0.25, 0.3) is 22.3 Å². The Labute approximate surface area is 143 Å². The number of hydrogen-bond donors (Lipinski definition) is 0. The number of para-hydroxylation sites is 1. The molecular formula is C19H15ClO4. The molecule has 1 aromatic heterocycles. The summed E-state index contributed by atoms with van der Waals surface area (Å²) in [7, 11) is 0. The lowest BCUT2D eigenvalue weighted by molar-refractivity contribution is 0.106. The van der Waals surface area contributed by atoms with Crippen molar-refractivity contribution in [1.29, 1.82) is 0 Å². The molecule has 1 aliphatic heterocycles. The Kier molecular flexibility index (Phi) is 3.69. The lowest BCUT2D eigenvalue weighted by Gasteiger charge is -2.25. The number of halogens is 1. The summed E-state index contributed by atoms with van der Waals surface area (Å²) in [6.07, 6.45) is -0.181. The normalized spacial score (nSPS) is 16.3. The van der Waals surface area contributed by atoms with Gasteiger partial charge in [-0.2, -0.15) is 0 Å². The second-order valence-corrected chi connectivity index (χ2v) is 6.06. The van der Waals surface area contributed by atoms with Gasteiger partial charge in [0.25, 0.3) is 0 Å². The number of rotatable bonds is 2. The second kappa shape index (κ2) is 5.87. The van der Waals surface area contributed by atoms with Crippen LogP contribution < -0.4 is 14.9 Å². The fourth-order valence-electron chi connectivity index (χ4n) is 2.84. The fraction of sp³-hybridized carbons (Fsp3) is 0.211. The van der Waals surface area contributed by atoms with E-state index in [9.17, 15) is 4.79 Å². The van der Waals surface area contributed by atoms with E-state index in [1.165, 1.54) is 0 Å². The summed E-state index contributed by atoms with van der Waals surface area (Å²) in [4.78, 5) is 12.6. The highest BCUT2D eigenvalue weighted by molar-refractivity contribution is 6.18. The lowest BCUT2D eigenvalue weighted by Crippen LogP contribution is -2.30. The zero-order valence-corrected chi connectivity index (χ0v) is 13.8. The summed E-state index contributed by atoms with van der Waals surface area (Å²) in [5, 5.41) is 0.582. The summed E-state index contributed by atoms with van der Waals surface area (Å²) in [6.45, 7) is 2.20. The van der Waals surface area contributed by atoms with Gasteiger partial charge in [-0.3, -0.25) is 4.79 Å². The Balaban J connectivity index is 1.86. The SMILES string of the molecule is Cc1c(-c2ccc3c(c2)OC(CCl)CO3)oc2ccccc2c1=O. The van der Waals surface area contributed by atoms with E-state index in [0.29, 0.717) is 46.3 Å². The molecule has 4 nitrogen and oxygen atoms in total. The topological polar surface area (TPSA) is 48.7 Å². The van der Waals surface area contributed by atoms with Crippen molar-refractivity contribution in [1.82, 2.24) is 0 Å². The van der Waals surface area contributed by atoms with Crippen LogP contribution in [0.4, 0.5) is 0 Å². The maximum absolute atomic E-state index is 12.6. The first-order valence-corrected chi connectivity index (χ1v) is 8.23. The van der Waals surface area contributed by atoms with E-state index in [0.717, 1.165) is 5.56 Å². The van der Waals surface area contributed by atoms with Gasteiger partial charge in [-0.15, -0.1) is 11.6 Å². The van der Waals surface area contributed by atoms with E-state index in [4.69, 9.17) is 25.5 Å². The monoisotopic (exact) mass is 342 g/mol. The van der Waals surface area contributed by atoms with Crippen molar-refractivity contribution in [2.45, 2.75) is 13.0 Å². The first-order chi connectivity index (χ1) is 11.7. The lowest BCUT2D eigenvalue weighted by atomic mass is 10.0. The number of ether oxygens (including phenoxy) is 2. The minimum absolute atomic E-state index is 0.0274. The largest absolute Gasteiger partial charge is 0.486 e. The molecule has 5 heteroatoms. The Hall–Kier alpha value is -2.46. The molecule has 1 aliphatic rings. The van der Waals surface area contributed by atoms with Gasteiger partial charge in [-0.05, 0) is 37.3 Å². The van der Waals surface area contributed by atoms with Crippen LogP contribution in [0.2, 0.25) is 0 Å². The van der Waals surface area contributed by atoms with Crippen LogP contribution in [0.15, 0.2) is 51.7 Å². The molecule has 1 unspecified atom stereocenters. The average Bonchev–Trinajstić information content (AvgIpc) is 2.63. The van der Waals surface area contributed by atoms with Gasteiger partial charge in [0.2, 0.25) is 0 Å². The molecule has 2 aromatic carbocycles. The summed E-state index contributed by atoms with van der Waals surface area (Å²) < 4.78 is 17.4. The van der Waals surface area contributed by atoms with Gasteiger partial charge in [0.05, 0.1) is 11.3 Å². The van der Waals surface area contributed by atoms with Crippen molar-refractivity contribution in [3.8, 4) is 22.8 Å². The standard InChI is InChI=1S/C19H15ClO4/c1-11-18(21)14-4-2-3-5-15(14)24-19(11)12-6-7-16-17(8-12)23-13(9-20)10-22-16/h2-8,13H,9-10H2,1H3. The zero-order chi connectivity index (χ0) is 16.7. The molecule has 0 N–H and O–H groups in total. The van der Waals surface area contributed by atoms with Crippen LogP contribution in [0.1, 0.15) is 5.56 Å². The molecule has 4 rings (SSSR count). The van der Waals surface area contributed by atoms with Crippen LogP contribution in [0.3, 0.4) is 0 Å². The predicted octanol–water partition coefficient (Wildman–Crippen LogP) is 4.15. The van der Waals surface area contributed by atoms with E-state index >= 15 is 0 Å². The van der Waals surface area contributed by atoms with Crippen molar-refractivity contribution in [2.75, 3.05) is 12.5 Å². The molecule has 0 radical (unpaired) electrons. The van der Waals surface area contributed by atoms with Gasteiger partial charge in [0.15, 0.2) is 16.9 Å². The first kappa shape index (κ1) is 15.1. The van der Waals surface area contributed by atoms with Crippen molar-refractivity contribution >= 4 is 22.6 Å². The third-order valence-electron chi connectivity index (χ3n) is 4.12. The predicted molar refractivity (Wildman–Crippen MR) is 93.3 cm³/mol. The average molecular weight is 343 g/mol. The van der Waals surface area contributed by atoms with Crippen LogP contribution in [0, 0.1) is 6.92 Å². The van der Waals surface area contributed by atoms with Crippen molar-refractivity contribution in [2.24, 2.45) is 0 Å². The second-order valence-electron chi connectivity index (χ2n) is 5.75. The number of benzene rings is 2. The minimum Gasteiger partial charge on any atom is -0.486 e. The maximum Gasteiger partial charge on any atom is 0.196 e. The molecule has 0 amide bonds. The van der Waals surface area contributed by atoms with Gasteiger partial charge in [0.1, 0.15) is 24.1 Å². The van der Waals surface area contributed by atoms with E-state index in [1.54, 1.807) is 19.1 Å². The highest BCUT2D eigenvalue weighted by Crippen LogP contribution is 2.37.